The second-order valence-corrected chi connectivity index (χ2v) is 4.78. The number of rotatable bonds is 4. The molecule has 1 aromatic heterocycles. The second kappa shape index (κ2) is 5.28. The Morgan fingerprint density at radius 3 is 2.53 bits per heavy atom. The van der Waals surface area contributed by atoms with Gasteiger partial charge in [-0.25, -0.2) is 0 Å². The van der Waals surface area contributed by atoms with Crippen LogP contribution in [0.15, 0.2) is 53.1 Å². The van der Waals surface area contributed by atoms with Crippen molar-refractivity contribution in [2.75, 3.05) is 0 Å². The van der Waals surface area contributed by atoms with Crippen LogP contribution in [-0.2, 0) is 10.3 Å². The van der Waals surface area contributed by atoms with E-state index in [9.17, 15) is 4.79 Å². The number of nitrogens with two attached hydrogens (primary N) is 1. The van der Waals surface area contributed by atoms with Crippen molar-refractivity contribution in [2.24, 2.45) is 5.73 Å². The lowest BCUT2D eigenvalue weighted by Crippen LogP contribution is -2.49. The van der Waals surface area contributed by atoms with E-state index in [1.54, 1.807) is 19.3 Å². The highest BCUT2D eigenvalue weighted by Crippen LogP contribution is 2.20. The van der Waals surface area contributed by atoms with E-state index in [1.165, 1.54) is 0 Å². The third-order valence-corrected chi connectivity index (χ3v) is 3.16. The summed E-state index contributed by atoms with van der Waals surface area (Å²) in [5, 5.41) is 2.86. The minimum atomic E-state index is -1.07. The zero-order chi connectivity index (χ0) is 13.9. The maximum absolute atomic E-state index is 12.3. The predicted molar refractivity (Wildman–Crippen MR) is 73.2 cm³/mol. The van der Waals surface area contributed by atoms with E-state index < -0.39 is 5.54 Å². The molecule has 0 spiro atoms. The Labute approximate surface area is 112 Å². The van der Waals surface area contributed by atoms with Crippen LogP contribution < -0.4 is 11.1 Å². The summed E-state index contributed by atoms with van der Waals surface area (Å²) >= 11 is 0. The Morgan fingerprint density at radius 1 is 1.26 bits per heavy atom. The Morgan fingerprint density at radius 2 is 1.95 bits per heavy atom. The smallest absolute Gasteiger partial charge is 0.244 e. The highest BCUT2D eigenvalue weighted by Gasteiger charge is 2.31. The average Bonchev–Trinajstić information content (AvgIpc) is 2.93. The molecule has 0 radical (unpaired) electrons. The quantitative estimate of drug-likeness (QED) is 0.884. The van der Waals surface area contributed by atoms with Gasteiger partial charge in [-0.05, 0) is 31.5 Å². The molecule has 0 aliphatic heterocycles. The molecule has 1 unspecified atom stereocenters. The molecule has 1 amide bonds. The van der Waals surface area contributed by atoms with Crippen molar-refractivity contribution in [2.45, 2.75) is 25.4 Å². The lowest BCUT2D eigenvalue weighted by molar-refractivity contribution is -0.126. The van der Waals surface area contributed by atoms with E-state index in [1.807, 2.05) is 43.3 Å². The van der Waals surface area contributed by atoms with Crippen LogP contribution in [0.3, 0.4) is 0 Å². The van der Waals surface area contributed by atoms with Gasteiger partial charge in [-0.1, -0.05) is 30.3 Å². The van der Waals surface area contributed by atoms with E-state index >= 15 is 0 Å². The Balaban J connectivity index is 2.11. The molecule has 1 heterocycles. The molecule has 4 nitrogen and oxygen atoms in total. The number of nitrogens with one attached hydrogen (secondary N) is 1. The summed E-state index contributed by atoms with van der Waals surface area (Å²) in [5.41, 5.74) is 5.85. The molecule has 0 saturated carbocycles. The molecule has 3 N–H and O–H groups in total. The van der Waals surface area contributed by atoms with E-state index in [0.717, 1.165) is 5.56 Å². The highest BCUT2D eigenvalue weighted by molar-refractivity contribution is 5.87. The van der Waals surface area contributed by atoms with Crippen LogP contribution in [0.4, 0.5) is 0 Å². The SMILES string of the molecule is C[C@@H](NC(=O)C(C)(N)c1ccccc1)c1ccco1. The molecule has 2 rings (SSSR count). The number of benzene rings is 1. The van der Waals surface area contributed by atoms with E-state index in [0.29, 0.717) is 5.76 Å². The van der Waals surface area contributed by atoms with Gasteiger partial charge in [-0.3, -0.25) is 4.79 Å². The van der Waals surface area contributed by atoms with Gasteiger partial charge in [-0.15, -0.1) is 0 Å². The summed E-state index contributed by atoms with van der Waals surface area (Å²) in [7, 11) is 0. The van der Waals surface area contributed by atoms with E-state index in [-0.39, 0.29) is 11.9 Å². The molecule has 1 aromatic carbocycles. The Hall–Kier alpha value is -2.07. The maximum atomic E-state index is 12.3. The minimum Gasteiger partial charge on any atom is -0.467 e. The first-order valence-electron chi connectivity index (χ1n) is 6.20. The second-order valence-electron chi connectivity index (χ2n) is 4.78. The fourth-order valence-electron chi connectivity index (χ4n) is 1.87. The molecular weight excluding hydrogens is 240 g/mol. The van der Waals surface area contributed by atoms with E-state index in [2.05, 4.69) is 5.32 Å². The Bertz CT molecular complexity index is 533. The summed E-state index contributed by atoms with van der Waals surface area (Å²) in [6.07, 6.45) is 1.58. The van der Waals surface area contributed by atoms with Crippen LogP contribution in [0.25, 0.3) is 0 Å². The third-order valence-electron chi connectivity index (χ3n) is 3.16. The van der Waals surface area contributed by atoms with Gasteiger partial charge in [0.25, 0.3) is 0 Å². The van der Waals surface area contributed by atoms with Crippen molar-refractivity contribution in [1.29, 1.82) is 0 Å². The number of carbonyl (C=O) groups is 1. The summed E-state index contributed by atoms with van der Waals surface area (Å²) < 4.78 is 5.26. The Kier molecular flexibility index (Phi) is 3.71. The van der Waals surface area contributed by atoms with Crippen molar-refractivity contribution in [3.05, 3.63) is 60.1 Å². The first-order chi connectivity index (χ1) is 9.01. The lowest BCUT2D eigenvalue weighted by atomic mass is 9.92. The number of carbonyl (C=O) groups excluding carboxylic acids is 1. The van der Waals surface area contributed by atoms with Gasteiger partial charge >= 0.3 is 0 Å². The largest absolute Gasteiger partial charge is 0.467 e. The van der Waals surface area contributed by atoms with Crippen LogP contribution in [0.2, 0.25) is 0 Å². The third kappa shape index (κ3) is 2.85. The van der Waals surface area contributed by atoms with Crippen LogP contribution in [-0.4, -0.2) is 5.91 Å². The number of hydrogen-bond donors (Lipinski definition) is 2. The fraction of sp³-hybridized carbons (Fsp3) is 0.267. The molecule has 4 heteroatoms. The average molecular weight is 258 g/mol. The monoisotopic (exact) mass is 258 g/mol. The molecule has 0 saturated heterocycles. The van der Waals surface area contributed by atoms with E-state index in [4.69, 9.17) is 10.2 Å². The summed E-state index contributed by atoms with van der Waals surface area (Å²) in [5.74, 6) is 0.472. The minimum absolute atomic E-state index is 0.214. The molecule has 0 bridgehead atoms. The molecule has 100 valence electrons. The summed E-state index contributed by atoms with van der Waals surface area (Å²) in [6, 6.07) is 12.7. The van der Waals surface area contributed by atoms with Crippen molar-refractivity contribution in [1.82, 2.24) is 5.32 Å². The molecule has 0 fully saturated rings. The molecule has 2 atom stereocenters. The zero-order valence-electron chi connectivity index (χ0n) is 11.1. The fourth-order valence-corrected chi connectivity index (χ4v) is 1.87. The highest BCUT2D eigenvalue weighted by atomic mass is 16.3. The normalized spacial score (nSPS) is 15.5. The predicted octanol–water partition coefficient (Wildman–Crippen LogP) is 2.33. The summed E-state index contributed by atoms with van der Waals surface area (Å²) in [4.78, 5) is 12.3. The molecule has 0 aliphatic carbocycles. The number of amides is 1. The van der Waals surface area contributed by atoms with Gasteiger partial charge in [0.1, 0.15) is 11.3 Å². The molecule has 19 heavy (non-hydrogen) atoms. The maximum Gasteiger partial charge on any atom is 0.244 e. The van der Waals surface area contributed by atoms with Crippen LogP contribution >= 0.6 is 0 Å². The topological polar surface area (TPSA) is 68.3 Å². The van der Waals surface area contributed by atoms with Crippen molar-refractivity contribution in [3.8, 4) is 0 Å². The zero-order valence-corrected chi connectivity index (χ0v) is 11.1. The van der Waals surface area contributed by atoms with Gasteiger partial charge in [0.05, 0.1) is 12.3 Å². The van der Waals surface area contributed by atoms with Crippen LogP contribution in [0.5, 0.6) is 0 Å². The molecule has 0 aliphatic rings. The van der Waals surface area contributed by atoms with Crippen LogP contribution in [0.1, 0.15) is 31.2 Å². The lowest BCUT2D eigenvalue weighted by Gasteiger charge is -2.25. The van der Waals surface area contributed by atoms with Crippen molar-refractivity contribution in [3.63, 3.8) is 0 Å². The van der Waals surface area contributed by atoms with Crippen LogP contribution in [0, 0.1) is 0 Å². The summed E-state index contributed by atoms with van der Waals surface area (Å²) in [6.45, 7) is 3.56. The van der Waals surface area contributed by atoms with Crippen molar-refractivity contribution >= 4 is 5.91 Å². The number of hydrogen-bond acceptors (Lipinski definition) is 3. The van der Waals surface area contributed by atoms with Gasteiger partial charge in [0.15, 0.2) is 0 Å². The first-order valence-corrected chi connectivity index (χ1v) is 6.20. The van der Waals surface area contributed by atoms with Crippen molar-refractivity contribution < 1.29 is 9.21 Å². The standard InChI is InChI=1S/C15H18N2O2/c1-11(13-9-6-10-19-13)17-14(18)15(2,16)12-7-4-3-5-8-12/h3-11H,16H2,1-2H3,(H,17,18)/t11-,15?/m1/s1. The van der Waals surface area contributed by atoms with Gasteiger partial charge in [0, 0.05) is 0 Å². The first kappa shape index (κ1) is 13.4. The molecule has 2 aromatic rings. The van der Waals surface area contributed by atoms with Gasteiger partial charge in [-0.2, -0.15) is 0 Å². The van der Waals surface area contributed by atoms with Gasteiger partial charge < -0.3 is 15.5 Å². The van der Waals surface area contributed by atoms with Gasteiger partial charge in [0.2, 0.25) is 5.91 Å². The number of furan rings is 1. The molecular formula is C15H18N2O2.